The van der Waals surface area contributed by atoms with Crippen LogP contribution in [0, 0.1) is 0 Å². The third-order valence-electron chi connectivity index (χ3n) is 2.27. The third-order valence-corrected chi connectivity index (χ3v) is 2.62. The first-order valence-electron chi connectivity index (χ1n) is 4.66. The Bertz CT molecular complexity index is 265. The van der Waals surface area contributed by atoms with Gasteiger partial charge in [0.15, 0.2) is 0 Å². The molecule has 86 valence electrons. The molecule has 5 heteroatoms. The summed E-state index contributed by atoms with van der Waals surface area (Å²) in [6.45, 7) is 0. The minimum absolute atomic E-state index is 0.0513. The Morgan fingerprint density at radius 3 is 2.80 bits per heavy atom. The van der Waals surface area contributed by atoms with Crippen molar-refractivity contribution < 1.29 is 13.7 Å². The quantitative estimate of drug-likeness (QED) is 0.573. The number of ether oxygens (including phenoxy) is 2. The normalized spacial score (nSPS) is 23.1. The average molecular weight is 231 g/mol. The minimum atomic E-state index is -0.435. The molecule has 0 amide bonds. The lowest BCUT2D eigenvalue weighted by atomic mass is 10.00. The van der Waals surface area contributed by atoms with Crippen LogP contribution < -0.4 is 5.73 Å². The molecule has 4 nitrogen and oxygen atoms in total. The highest BCUT2D eigenvalue weighted by Gasteiger charge is 2.22. The summed E-state index contributed by atoms with van der Waals surface area (Å²) < 4.78 is 15.8. The Hall–Kier alpha value is -0.490. The largest absolute Gasteiger partial charge is 0.426 e. The van der Waals surface area contributed by atoms with Gasteiger partial charge in [-0.25, -0.2) is 0 Å². The molecule has 1 aliphatic carbocycles. The van der Waals surface area contributed by atoms with E-state index in [4.69, 9.17) is 19.4 Å². The summed E-state index contributed by atoms with van der Waals surface area (Å²) >= 11 is 1.29. The number of hydrogen-bond acceptors (Lipinski definition) is 5. The van der Waals surface area contributed by atoms with E-state index in [0.717, 1.165) is 11.3 Å². The molecule has 0 radical (unpaired) electrons. The molecule has 2 atom stereocenters. The predicted molar refractivity (Wildman–Crippen MR) is 61.2 cm³/mol. The number of allylic oxidation sites excluding steroid dienone is 1. The smallest absolute Gasteiger partial charge is 0.140 e. The Morgan fingerprint density at radius 1 is 1.53 bits per heavy atom. The van der Waals surface area contributed by atoms with Gasteiger partial charge < -0.3 is 19.4 Å². The fourth-order valence-corrected chi connectivity index (χ4v) is 1.76. The van der Waals surface area contributed by atoms with Gasteiger partial charge in [-0.1, -0.05) is 6.08 Å². The van der Waals surface area contributed by atoms with E-state index < -0.39 is 6.23 Å². The second-order valence-electron chi connectivity index (χ2n) is 3.13. The zero-order valence-corrected chi connectivity index (χ0v) is 10.0. The first-order chi connectivity index (χ1) is 7.22. The number of nitrogens with two attached hydrogens (primary N) is 1. The Labute approximate surface area is 94.7 Å². The van der Waals surface area contributed by atoms with Gasteiger partial charge >= 0.3 is 0 Å². The minimum Gasteiger partial charge on any atom is -0.426 e. The molecule has 2 N–H and O–H groups in total. The molecule has 1 aliphatic rings. The summed E-state index contributed by atoms with van der Waals surface area (Å²) in [7, 11) is 3.25. The molecule has 0 fully saturated rings. The third kappa shape index (κ3) is 3.24. The van der Waals surface area contributed by atoms with E-state index in [1.54, 1.807) is 14.2 Å². The maximum Gasteiger partial charge on any atom is 0.140 e. The second kappa shape index (κ2) is 6.17. The molecule has 0 aromatic rings. The number of hydrogen-bond donors (Lipinski definition) is 1. The highest BCUT2D eigenvalue weighted by Crippen LogP contribution is 2.26. The van der Waals surface area contributed by atoms with Crippen molar-refractivity contribution in [1.82, 2.24) is 0 Å². The summed E-state index contributed by atoms with van der Waals surface area (Å²) in [4.78, 5) is 0. The van der Waals surface area contributed by atoms with E-state index in [0.29, 0.717) is 6.42 Å². The Balaban J connectivity index is 2.82. The van der Waals surface area contributed by atoms with Crippen molar-refractivity contribution in [3.05, 3.63) is 23.5 Å². The van der Waals surface area contributed by atoms with Crippen LogP contribution in [0.3, 0.4) is 0 Å². The zero-order chi connectivity index (χ0) is 11.3. The Kier molecular flexibility index (Phi) is 5.17. The van der Waals surface area contributed by atoms with Gasteiger partial charge in [0.05, 0.1) is 18.1 Å². The number of rotatable bonds is 5. The second-order valence-corrected chi connectivity index (χ2v) is 3.63. The summed E-state index contributed by atoms with van der Waals surface area (Å²) in [5, 5.41) is 0. The molecule has 1 rings (SSSR count). The van der Waals surface area contributed by atoms with E-state index in [2.05, 4.69) is 0 Å². The van der Waals surface area contributed by atoms with E-state index in [-0.39, 0.29) is 6.10 Å². The van der Waals surface area contributed by atoms with Crippen molar-refractivity contribution in [2.75, 3.05) is 20.5 Å². The van der Waals surface area contributed by atoms with Gasteiger partial charge in [-0.2, -0.15) is 0 Å². The van der Waals surface area contributed by atoms with Crippen LogP contribution in [0.25, 0.3) is 0 Å². The standard InChI is InChI=1S/C10H17NO3S/c1-12-7-4-5-9(14-15-3)8(6-7)10(11)13-2/h4-5,7,10H,6,11H2,1-3H3. The lowest BCUT2D eigenvalue weighted by molar-refractivity contribution is 0.104. The van der Waals surface area contributed by atoms with Gasteiger partial charge in [0.2, 0.25) is 0 Å². The van der Waals surface area contributed by atoms with Gasteiger partial charge in [0, 0.05) is 32.5 Å². The van der Waals surface area contributed by atoms with Crippen LogP contribution >= 0.6 is 12.0 Å². The lowest BCUT2D eigenvalue weighted by Gasteiger charge is -2.24. The van der Waals surface area contributed by atoms with Crippen molar-refractivity contribution in [3.63, 3.8) is 0 Å². The van der Waals surface area contributed by atoms with E-state index in [1.807, 2.05) is 18.4 Å². The monoisotopic (exact) mass is 231 g/mol. The van der Waals surface area contributed by atoms with Crippen LogP contribution in [0.2, 0.25) is 0 Å². The molecule has 0 aromatic heterocycles. The van der Waals surface area contributed by atoms with E-state index in [1.165, 1.54) is 12.0 Å². The van der Waals surface area contributed by atoms with E-state index in [9.17, 15) is 0 Å². The lowest BCUT2D eigenvalue weighted by Crippen LogP contribution is -2.29. The van der Waals surface area contributed by atoms with Gasteiger partial charge in [0.25, 0.3) is 0 Å². The predicted octanol–water partition coefficient (Wildman–Crippen LogP) is 1.44. The molecule has 0 heterocycles. The topological polar surface area (TPSA) is 53.7 Å². The highest BCUT2D eigenvalue weighted by atomic mass is 32.2. The summed E-state index contributed by atoms with van der Waals surface area (Å²) in [6, 6.07) is 0. The molecule has 15 heavy (non-hydrogen) atoms. The SMILES string of the molecule is COC1C=CC(OSC)=C(C(N)OC)C1. The van der Waals surface area contributed by atoms with Gasteiger partial charge in [-0.05, 0) is 6.08 Å². The molecule has 0 aliphatic heterocycles. The van der Waals surface area contributed by atoms with Crippen molar-refractivity contribution >= 4 is 12.0 Å². The zero-order valence-electron chi connectivity index (χ0n) is 9.23. The van der Waals surface area contributed by atoms with Crippen molar-refractivity contribution in [2.45, 2.75) is 18.8 Å². The van der Waals surface area contributed by atoms with Crippen LogP contribution in [-0.2, 0) is 13.7 Å². The molecule has 0 saturated heterocycles. The van der Waals surface area contributed by atoms with Gasteiger partial charge in [0.1, 0.15) is 12.0 Å². The van der Waals surface area contributed by atoms with Crippen LogP contribution in [0.15, 0.2) is 23.5 Å². The first kappa shape index (κ1) is 12.6. The molecule has 0 saturated carbocycles. The number of methoxy groups -OCH3 is 2. The van der Waals surface area contributed by atoms with Crippen LogP contribution in [0.5, 0.6) is 0 Å². The molecular weight excluding hydrogens is 214 g/mol. The van der Waals surface area contributed by atoms with Crippen molar-refractivity contribution in [1.29, 1.82) is 0 Å². The van der Waals surface area contributed by atoms with Crippen LogP contribution in [-0.4, -0.2) is 32.8 Å². The summed E-state index contributed by atoms with van der Waals surface area (Å²) in [6.07, 6.45) is 6.02. The van der Waals surface area contributed by atoms with Crippen molar-refractivity contribution in [3.8, 4) is 0 Å². The molecular formula is C10H17NO3S. The van der Waals surface area contributed by atoms with E-state index >= 15 is 0 Å². The molecule has 0 bridgehead atoms. The fourth-order valence-electron chi connectivity index (χ4n) is 1.42. The average Bonchev–Trinajstić information content (AvgIpc) is 2.29. The molecule has 2 unspecified atom stereocenters. The maximum atomic E-state index is 5.83. The molecule has 0 aromatic carbocycles. The van der Waals surface area contributed by atoms with Crippen LogP contribution in [0.4, 0.5) is 0 Å². The highest BCUT2D eigenvalue weighted by molar-refractivity contribution is 7.94. The van der Waals surface area contributed by atoms with Gasteiger partial charge in [-0.3, -0.25) is 0 Å². The summed E-state index contributed by atoms with van der Waals surface area (Å²) in [5.74, 6) is 0.769. The Morgan fingerprint density at radius 2 is 2.27 bits per heavy atom. The maximum absolute atomic E-state index is 5.83. The van der Waals surface area contributed by atoms with Gasteiger partial charge in [-0.15, -0.1) is 0 Å². The van der Waals surface area contributed by atoms with Crippen molar-refractivity contribution in [2.24, 2.45) is 5.73 Å². The first-order valence-corrected chi connectivity index (χ1v) is 5.81. The summed E-state index contributed by atoms with van der Waals surface area (Å²) in [5.41, 5.74) is 6.76. The molecule has 0 spiro atoms. The van der Waals surface area contributed by atoms with Crippen LogP contribution in [0.1, 0.15) is 6.42 Å². The fraction of sp³-hybridized carbons (Fsp3) is 0.600.